The van der Waals surface area contributed by atoms with Gasteiger partial charge in [0.25, 0.3) is 0 Å². The first-order valence-corrected chi connectivity index (χ1v) is 9.14. The number of aromatic amines is 1. The number of nitrogens with zero attached hydrogens (tertiary/aromatic N) is 4. The Balaban J connectivity index is 1.61. The summed E-state index contributed by atoms with van der Waals surface area (Å²) in [5.41, 5.74) is 4.72. The number of carbonyl (C=O) groups is 1. The number of aryl methyl sites for hydroxylation is 2. The van der Waals surface area contributed by atoms with Gasteiger partial charge in [-0.05, 0) is 43.7 Å². The second-order valence-corrected chi connectivity index (χ2v) is 7.09. The molecule has 1 aliphatic carbocycles. The Morgan fingerprint density at radius 1 is 1.42 bits per heavy atom. The van der Waals surface area contributed by atoms with E-state index in [9.17, 15) is 10.1 Å². The number of rotatable bonds is 3. The number of nitrogens with one attached hydrogen (secondary N) is 2. The van der Waals surface area contributed by atoms with Crippen molar-refractivity contribution in [2.75, 3.05) is 23.3 Å². The Kier molecular flexibility index (Phi) is 4.33. The minimum atomic E-state index is -0.104. The molecule has 2 aromatic heterocycles. The van der Waals surface area contributed by atoms with Gasteiger partial charge in [-0.2, -0.15) is 10.4 Å². The van der Waals surface area contributed by atoms with Crippen molar-refractivity contribution in [1.82, 2.24) is 15.2 Å². The molecule has 0 aromatic carbocycles. The summed E-state index contributed by atoms with van der Waals surface area (Å²) >= 11 is 0. The first-order chi connectivity index (χ1) is 12.7. The SMILES string of the molecule is CC(=O)Nc1cn[nH]c1C1CCCN(c2nc3c(cc2C#N)CCC3)C1. The van der Waals surface area contributed by atoms with Crippen LogP contribution in [0.5, 0.6) is 0 Å². The molecule has 2 aliphatic rings. The van der Waals surface area contributed by atoms with Crippen molar-refractivity contribution in [3.05, 3.63) is 34.8 Å². The van der Waals surface area contributed by atoms with Crippen LogP contribution in [0.3, 0.4) is 0 Å². The number of hydrogen-bond acceptors (Lipinski definition) is 5. The molecule has 1 amide bonds. The van der Waals surface area contributed by atoms with Crippen molar-refractivity contribution in [2.45, 2.75) is 44.9 Å². The average molecular weight is 350 g/mol. The maximum absolute atomic E-state index is 11.4. The molecule has 0 bridgehead atoms. The van der Waals surface area contributed by atoms with Gasteiger partial charge in [-0.25, -0.2) is 4.98 Å². The van der Waals surface area contributed by atoms with E-state index in [0.29, 0.717) is 5.56 Å². The average Bonchev–Trinajstić information content (AvgIpc) is 3.28. The summed E-state index contributed by atoms with van der Waals surface area (Å²) in [6.07, 6.45) is 6.81. The van der Waals surface area contributed by atoms with Crippen molar-refractivity contribution in [3.63, 3.8) is 0 Å². The minimum Gasteiger partial charge on any atom is -0.355 e. The molecule has 7 nitrogen and oxygen atoms in total. The van der Waals surface area contributed by atoms with Crippen molar-refractivity contribution < 1.29 is 4.79 Å². The lowest BCUT2D eigenvalue weighted by Crippen LogP contribution is -2.36. The van der Waals surface area contributed by atoms with Gasteiger partial charge in [0, 0.05) is 31.6 Å². The maximum atomic E-state index is 11.4. The zero-order valence-electron chi connectivity index (χ0n) is 14.9. The molecule has 3 heterocycles. The van der Waals surface area contributed by atoms with Crippen molar-refractivity contribution in [1.29, 1.82) is 5.26 Å². The normalized spacial score (nSPS) is 19.1. The summed E-state index contributed by atoms with van der Waals surface area (Å²) in [6, 6.07) is 4.35. The Bertz CT molecular complexity index is 881. The van der Waals surface area contributed by atoms with Crippen LogP contribution in [-0.4, -0.2) is 34.2 Å². The molecule has 7 heteroatoms. The number of nitriles is 1. The monoisotopic (exact) mass is 350 g/mol. The first kappa shape index (κ1) is 16.6. The molecule has 1 saturated heterocycles. The summed E-state index contributed by atoms with van der Waals surface area (Å²) in [6.45, 7) is 3.15. The standard InChI is InChI=1S/C19H22N6O/c1-12(26)22-17-10-21-24-18(17)14-5-3-7-25(11-14)19-15(9-20)8-13-4-2-6-16(13)23-19/h8,10,14H,2-7,11H2,1H3,(H,21,24)(H,22,26). The third-order valence-corrected chi connectivity index (χ3v) is 5.26. The number of amides is 1. The number of carbonyl (C=O) groups excluding carboxylic acids is 1. The predicted molar refractivity (Wildman–Crippen MR) is 98.1 cm³/mol. The Morgan fingerprint density at radius 3 is 3.12 bits per heavy atom. The molecule has 1 fully saturated rings. The largest absolute Gasteiger partial charge is 0.355 e. The molecule has 0 spiro atoms. The van der Waals surface area contributed by atoms with Crippen molar-refractivity contribution in [2.24, 2.45) is 0 Å². The van der Waals surface area contributed by atoms with E-state index in [1.54, 1.807) is 6.20 Å². The lowest BCUT2D eigenvalue weighted by molar-refractivity contribution is -0.114. The summed E-state index contributed by atoms with van der Waals surface area (Å²) in [5, 5.41) is 19.6. The number of H-pyrrole nitrogens is 1. The van der Waals surface area contributed by atoms with Gasteiger partial charge in [-0.3, -0.25) is 9.89 Å². The molecule has 0 radical (unpaired) electrons. The van der Waals surface area contributed by atoms with Crippen LogP contribution in [0.25, 0.3) is 0 Å². The lowest BCUT2D eigenvalue weighted by atomic mass is 9.93. The molecule has 26 heavy (non-hydrogen) atoms. The fourth-order valence-corrected chi connectivity index (χ4v) is 4.09. The van der Waals surface area contributed by atoms with Crippen LogP contribution in [-0.2, 0) is 17.6 Å². The highest BCUT2D eigenvalue weighted by molar-refractivity contribution is 5.89. The van der Waals surface area contributed by atoms with Gasteiger partial charge in [-0.1, -0.05) is 0 Å². The summed E-state index contributed by atoms with van der Waals surface area (Å²) in [5.74, 6) is 0.917. The molecule has 2 N–H and O–H groups in total. The second kappa shape index (κ2) is 6.79. The molecule has 1 unspecified atom stereocenters. The topological polar surface area (TPSA) is 97.7 Å². The van der Waals surface area contributed by atoms with E-state index in [1.807, 2.05) is 6.07 Å². The maximum Gasteiger partial charge on any atom is 0.221 e. The molecule has 1 aliphatic heterocycles. The van der Waals surface area contributed by atoms with Crippen LogP contribution in [0.2, 0.25) is 0 Å². The smallest absolute Gasteiger partial charge is 0.221 e. The van der Waals surface area contributed by atoms with Crippen LogP contribution >= 0.6 is 0 Å². The molecule has 0 saturated carbocycles. The molecule has 2 aromatic rings. The van der Waals surface area contributed by atoms with E-state index in [2.05, 4.69) is 26.5 Å². The lowest BCUT2D eigenvalue weighted by Gasteiger charge is -2.34. The number of hydrogen-bond donors (Lipinski definition) is 2. The molecular weight excluding hydrogens is 328 g/mol. The van der Waals surface area contributed by atoms with E-state index >= 15 is 0 Å². The van der Waals surface area contributed by atoms with E-state index in [-0.39, 0.29) is 11.8 Å². The molecule has 1 atom stereocenters. The zero-order valence-corrected chi connectivity index (χ0v) is 14.9. The van der Waals surface area contributed by atoms with Gasteiger partial charge in [0.1, 0.15) is 11.9 Å². The molecular formula is C19H22N6O. The van der Waals surface area contributed by atoms with Gasteiger partial charge in [-0.15, -0.1) is 0 Å². The van der Waals surface area contributed by atoms with E-state index in [0.717, 1.165) is 68.1 Å². The van der Waals surface area contributed by atoms with Gasteiger partial charge < -0.3 is 10.2 Å². The highest BCUT2D eigenvalue weighted by atomic mass is 16.1. The van der Waals surface area contributed by atoms with Gasteiger partial charge in [0.15, 0.2) is 0 Å². The highest BCUT2D eigenvalue weighted by Crippen LogP contribution is 2.34. The Hall–Kier alpha value is -2.88. The predicted octanol–water partition coefficient (Wildman–Crippen LogP) is 2.51. The zero-order chi connectivity index (χ0) is 18.1. The summed E-state index contributed by atoms with van der Waals surface area (Å²) in [7, 11) is 0. The quantitative estimate of drug-likeness (QED) is 0.886. The summed E-state index contributed by atoms with van der Waals surface area (Å²) in [4.78, 5) is 18.5. The van der Waals surface area contributed by atoms with Crippen LogP contribution in [0.4, 0.5) is 11.5 Å². The summed E-state index contributed by atoms with van der Waals surface area (Å²) < 4.78 is 0. The van der Waals surface area contributed by atoms with E-state index < -0.39 is 0 Å². The van der Waals surface area contributed by atoms with Crippen molar-refractivity contribution >= 4 is 17.4 Å². The number of fused-ring (bicyclic) bond motifs is 1. The van der Waals surface area contributed by atoms with Crippen LogP contribution in [0.1, 0.15) is 54.6 Å². The fourth-order valence-electron chi connectivity index (χ4n) is 4.09. The minimum absolute atomic E-state index is 0.104. The van der Waals surface area contributed by atoms with E-state index in [4.69, 9.17) is 4.98 Å². The number of anilines is 2. The van der Waals surface area contributed by atoms with Crippen LogP contribution < -0.4 is 10.2 Å². The first-order valence-electron chi connectivity index (χ1n) is 9.14. The number of aromatic nitrogens is 3. The van der Waals surface area contributed by atoms with Gasteiger partial charge >= 0.3 is 0 Å². The van der Waals surface area contributed by atoms with Crippen LogP contribution in [0, 0.1) is 11.3 Å². The fraction of sp³-hybridized carbons (Fsp3) is 0.474. The Morgan fingerprint density at radius 2 is 2.31 bits per heavy atom. The molecule has 4 rings (SSSR count). The molecule has 134 valence electrons. The van der Waals surface area contributed by atoms with Crippen LogP contribution in [0.15, 0.2) is 12.3 Å². The third-order valence-electron chi connectivity index (χ3n) is 5.26. The number of piperidine rings is 1. The van der Waals surface area contributed by atoms with Gasteiger partial charge in [0.05, 0.1) is 23.1 Å². The van der Waals surface area contributed by atoms with E-state index in [1.165, 1.54) is 12.5 Å². The second-order valence-electron chi connectivity index (χ2n) is 7.09. The third kappa shape index (κ3) is 3.03. The van der Waals surface area contributed by atoms with Crippen molar-refractivity contribution in [3.8, 4) is 6.07 Å². The van der Waals surface area contributed by atoms with Gasteiger partial charge in [0.2, 0.25) is 5.91 Å². The Labute approximate surface area is 152 Å². The number of pyridine rings is 1. The highest BCUT2D eigenvalue weighted by Gasteiger charge is 2.28.